The molecule has 1 aliphatic rings. The molecule has 2 aromatic heterocycles. The Balaban J connectivity index is 1.47. The minimum atomic E-state index is -0.305. The molecule has 0 unspecified atom stereocenters. The molecule has 0 saturated carbocycles. The van der Waals surface area contributed by atoms with Crippen LogP contribution in [0.1, 0.15) is 21.5 Å². The van der Waals surface area contributed by atoms with Crippen LogP contribution in [-0.4, -0.2) is 51.3 Å². The van der Waals surface area contributed by atoms with E-state index in [0.29, 0.717) is 18.7 Å². The Bertz CT molecular complexity index is 1020. The van der Waals surface area contributed by atoms with Crippen molar-refractivity contribution >= 4 is 11.6 Å². The number of amides is 1. The number of hydrogen-bond donors (Lipinski definition) is 0. The number of pyridine rings is 1. The summed E-state index contributed by atoms with van der Waals surface area (Å²) in [4.78, 5) is 34.0. The number of hydrogen-bond acceptors (Lipinski definition) is 4. The van der Waals surface area contributed by atoms with Gasteiger partial charge in [-0.1, -0.05) is 36.4 Å². The fourth-order valence-electron chi connectivity index (χ4n) is 3.45. The first kappa shape index (κ1) is 17.4. The SMILES string of the molecule is Cc1ccc2ncc(C(=O)N3CCN(Cc4ccccc4)CC3)c(=O)n2c1. The van der Waals surface area contributed by atoms with Gasteiger partial charge in [-0.15, -0.1) is 0 Å². The number of fused-ring (bicyclic) bond motifs is 1. The molecule has 0 radical (unpaired) electrons. The highest BCUT2D eigenvalue weighted by atomic mass is 16.2. The first-order chi connectivity index (χ1) is 13.1. The van der Waals surface area contributed by atoms with Crippen LogP contribution in [0.3, 0.4) is 0 Å². The first-order valence-electron chi connectivity index (χ1n) is 9.15. The van der Waals surface area contributed by atoms with Gasteiger partial charge < -0.3 is 4.90 Å². The van der Waals surface area contributed by atoms with Gasteiger partial charge in [0.15, 0.2) is 0 Å². The molecule has 0 bridgehead atoms. The molecule has 1 aliphatic heterocycles. The average molecular weight is 362 g/mol. The zero-order valence-corrected chi connectivity index (χ0v) is 15.3. The molecule has 3 aromatic rings. The monoisotopic (exact) mass is 362 g/mol. The van der Waals surface area contributed by atoms with Crippen molar-refractivity contribution < 1.29 is 4.79 Å². The van der Waals surface area contributed by atoms with E-state index in [9.17, 15) is 9.59 Å². The molecule has 1 fully saturated rings. The molecule has 0 aliphatic carbocycles. The molecule has 1 saturated heterocycles. The predicted molar refractivity (Wildman–Crippen MR) is 104 cm³/mol. The van der Waals surface area contributed by atoms with Crippen molar-refractivity contribution in [3.63, 3.8) is 0 Å². The molecule has 0 spiro atoms. The molecule has 0 N–H and O–H groups in total. The molecule has 3 heterocycles. The second-order valence-electron chi connectivity index (χ2n) is 6.97. The zero-order valence-electron chi connectivity index (χ0n) is 15.3. The van der Waals surface area contributed by atoms with Crippen LogP contribution in [0.4, 0.5) is 0 Å². The molecule has 6 heteroatoms. The van der Waals surface area contributed by atoms with Gasteiger partial charge in [0.25, 0.3) is 11.5 Å². The van der Waals surface area contributed by atoms with Crippen LogP contribution < -0.4 is 5.56 Å². The molecule has 27 heavy (non-hydrogen) atoms. The standard InChI is InChI=1S/C21H22N4O2/c1-16-7-8-19-22-13-18(21(27)25(19)14-16)20(26)24-11-9-23(10-12-24)15-17-5-3-2-4-6-17/h2-8,13-14H,9-12,15H2,1H3. The van der Waals surface area contributed by atoms with Crippen molar-refractivity contribution in [3.05, 3.63) is 81.9 Å². The summed E-state index contributed by atoms with van der Waals surface area (Å²) < 4.78 is 1.45. The molecular weight excluding hydrogens is 340 g/mol. The normalized spacial score (nSPS) is 15.2. The van der Waals surface area contributed by atoms with Crippen LogP contribution in [0.25, 0.3) is 5.65 Å². The minimum Gasteiger partial charge on any atom is -0.336 e. The van der Waals surface area contributed by atoms with Crippen molar-refractivity contribution in [1.29, 1.82) is 0 Å². The third-order valence-corrected chi connectivity index (χ3v) is 4.99. The van der Waals surface area contributed by atoms with Gasteiger partial charge in [0, 0.05) is 45.1 Å². The molecule has 1 aromatic carbocycles. The van der Waals surface area contributed by atoms with E-state index in [0.717, 1.165) is 25.2 Å². The number of nitrogens with zero attached hydrogens (tertiary/aromatic N) is 4. The van der Waals surface area contributed by atoms with E-state index in [1.807, 2.05) is 31.2 Å². The van der Waals surface area contributed by atoms with E-state index in [2.05, 4.69) is 22.0 Å². The Morgan fingerprint density at radius 3 is 2.52 bits per heavy atom. The van der Waals surface area contributed by atoms with Crippen LogP contribution in [0.2, 0.25) is 0 Å². The Morgan fingerprint density at radius 1 is 1.04 bits per heavy atom. The topological polar surface area (TPSA) is 57.9 Å². The Morgan fingerprint density at radius 2 is 1.78 bits per heavy atom. The smallest absolute Gasteiger partial charge is 0.270 e. The van der Waals surface area contributed by atoms with Crippen molar-refractivity contribution in [1.82, 2.24) is 19.2 Å². The maximum atomic E-state index is 12.9. The highest BCUT2D eigenvalue weighted by molar-refractivity contribution is 5.93. The second kappa shape index (κ2) is 7.32. The van der Waals surface area contributed by atoms with E-state index in [1.54, 1.807) is 17.2 Å². The van der Waals surface area contributed by atoms with Gasteiger partial charge in [-0.2, -0.15) is 0 Å². The summed E-state index contributed by atoms with van der Waals surface area (Å²) >= 11 is 0. The maximum Gasteiger partial charge on any atom is 0.270 e. The summed E-state index contributed by atoms with van der Waals surface area (Å²) in [5.41, 5.74) is 2.60. The number of benzene rings is 1. The lowest BCUT2D eigenvalue weighted by atomic mass is 10.2. The number of piperazine rings is 1. The van der Waals surface area contributed by atoms with Gasteiger partial charge in [0.2, 0.25) is 0 Å². The van der Waals surface area contributed by atoms with Gasteiger partial charge >= 0.3 is 0 Å². The minimum absolute atomic E-state index is 0.134. The molecule has 6 nitrogen and oxygen atoms in total. The van der Waals surface area contributed by atoms with E-state index in [4.69, 9.17) is 0 Å². The molecule has 4 rings (SSSR count). The molecular formula is C21H22N4O2. The summed E-state index contributed by atoms with van der Waals surface area (Å²) in [5, 5.41) is 0. The van der Waals surface area contributed by atoms with Gasteiger partial charge in [-0.05, 0) is 24.1 Å². The van der Waals surface area contributed by atoms with Crippen LogP contribution in [-0.2, 0) is 6.54 Å². The van der Waals surface area contributed by atoms with Gasteiger partial charge in [-0.3, -0.25) is 18.9 Å². The van der Waals surface area contributed by atoms with Crippen molar-refractivity contribution in [2.45, 2.75) is 13.5 Å². The number of carbonyl (C=O) groups is 1. The molecule has 0 atom stereocenters. The zero-order chi connectivity index (χ0) is 18.8. The first-order valence-corrected chi connectivity index (χ1v) is 9.15. The summed E-state index contributed by atoms with van der Waals surface area (Å²) in [6.07, 6.45) is 3.13. The summed E-state index contributed by atoms with van der Waals surface area (Å²) in [5.74, 6) is -0.234. The van der Waals surface area contributed by atoms with Gasteiger partial charge in [0.1, 0.15) is 11.2 Å². The predicted octanol–water partition coefficient (Wildman–Crippen LogP) is 1.96. The number of carbonyl (C=O) groups excluding carboxylic acids is 1. The molecule has 138 valence electrons. The van der Waals surface area contributed by atoms with Crippen LogP contribution in [0.5, 0.6) is 0 Å². The lowest BCUT2D eigenvalue weighted by Gasteiger charge is -2.34. The Hall–Kier alpha value is -2.99. The maximum absolute atomic E-state index is 12.9. The average Bonchev–Trinajstić information content (AvgIpc) is 2.70. The van der Waals surface area contributed by atoms with Gasteiger partial charge in [0.05, 0.1) is 0 Å². The van der Waals surface area contributed by atoms with E-state index < -0.39 is 0 Å². The van der Waals surface area contributed by atoms with E-state index >= 15 is 0 Å². The van der Waals surface area contributed by atoms with Crippen molar-refractivity contribution in [2.75, 3.05) is 26.2 Å². The fourth-order valence-corrected chi connectivity index (χ4v) is 3.45. The van der Waals surface area contributed by atoms with Crippen molar-refractivity contribution in [2.24, 2.45) is 0 Å². The number of rotatable bonds is 3. The lowest BCUT2D eigenvalue weighted by Crippen LogP contribution is -2.49. The number of aromatic nitrogens is 2. The van der Waals surface area contributed by atoms with Gasteiger partial charge in [-0.25, -0.2) is 4.98 Å². The van der Waals surface area contributed by atoms with E-state index in [-0.39, 0.29) is 17.0 Å². The summed E-state index contributed by atoms with van der Waals surface area (Å²) in [6, 6.07) is 14.0. The van der Waals surface area contributed by atoms with Crippen LogP contribution in [0.15, 0.2) is 59.7 Å². The Labute approximate surface area is 157 Å². The van der Waals surface area contributed by atoms with Crippen molar-refractivity contribution in [3.8, 4) is 0 Å². The Kier molecular flexibility index (Phi) is 4.73. The van der Waals surface area contributed by atoms with Crippen LogP contribution >= 0.6 is 0 Å². The second-order valence-corrected chi connectivity index (χ2v) is 6.97. The van der Waals surface area contributed by atoms with E-state index in [1.165, 1.54) is 16.2 Å². The highest BCUT2D eigenvalue weighted by Crippen LogP contribution is 2.11. The third-order valence-electron chi connectivity index (χ3n) is 4.99. The quantitative estimate of drug-likeness (QED) is 0.715. The summed E-state index contributed by atoms with van der Waals surface area (Å²) in [7, 11) is 0. The lowest BCUT2D eigenvalue weighted by molar-refractivity contribution is 0.0626. The third kappa shape index (κ3) is 3.61. The highest BCUT2D eigenvalue weighted by Gasteiger charge is 2.24. The summed E-state index contributed by atoms with van der Waals surface area (Å²) in [6.45, 7) is 5.60. The fraction of sp³-hybridized carbons (Fsp3) is 0.286. The number of aryl methyl sites for hydroxylation is 1. The molecule has 1 amide bonds. The van der Waals surface area contributed by atoms with Crippen LogP contribution in [0, 0.1) is 6.92 Å². The largest absolute Gasteiger partial charge is 0.336 e.